The van der Waals surface area contributed by atoms with Gasteiger partial charge in [0.25, 0.3) is 11.8 Å². The fourth-order valence-electron chi connectivity index (χ4n) is 4.91. The molecule has 0 atom stereocenters. The van der Waals surface area contributed by atoms with Crippen molar-refractivity contribution < 1.29 is 14.3 Å². The van der Waals surface area contributed by atoms with Gasteiger partial charge in [0.1, 0.15) is 24.0 Å². The van der Waals surface area contributed by atoms with E-state index < -0.39 is 11.8 Å². The Kier molecular flexibility index (Phi) is 8.26. The van der Waals surface area contributed by atoms with E-state index in [0.717, 1.165) is 28.1 Å². The predicted octanol–water partition coefficient (Wildman–Crippen LogP) is 6.25. The highest BCUT2D eigenvalue weighted by Gasteiger charge is 2.35. The van der Waals surface area contributed by atoms with Crippen molar-refractivity contribution in [1.82, 2.24) is 14.7 Å². The summed E-state index contributed by atoms with van der Waals surface area (Å²) in [5.41, 5.74) is 5.54. The van der Waals surface area contributed by atoms with Crippen molar-refractivity contribution in [3.8, 4) is 28.8 Å². The lowest BCUT2D eigenvalue weighted by molar-refractivity contribution is -0.140. The van der Waals surface area contributed by atoms with Gasteiger partial charge in [-0.3, -0.25) is 14.5 Å². The molecule has 1 aliphatic heterocycles. The number of carbonyl (C=O) groups is 2. The van der Waals surface area contributed by atoms with Gasteiger partial charge < -0.3 is 4.74 Å². The molecule has 0 spiro atoms. The van der Waals surface area contributed by atoms with Crippen molar-refractivity contribution in [1.29, 1.82) is 5.26 Å². The van der Waals surface area contributed by atoms with E-state index in [4.69, 9.17) is 9.84 Å². The van der Waals surface area contributed by atoms with Crippen molar-refractivity contribution in [2.24, 2.45) is 0 Å². The minimum atomic E-state index is -0.570. The Morgan fingerprint density at radius 2 is 1.69 bits per heavy atom. The zero-order chi connectivity index (χ0) is 29.6. The van der Waals surface area contributed by atoms with Gasteiger partial charge in [-0.2, -0.15) is 10.4 Å². The van der Waals surface area contributed by atoms with Gasteiger partial charge in [-0.1, -0.05) is 61.2 Å². The third-order valence-electron chi connectivity index (χ3n) is 7.16. The number of carbonyl (C=O) groups excluding carboxylic acids is 2. The summed E-state index contributed by atoms with van der Waals surface area (Å²) in [6, 6.07) is 27.1. The first-order valence-corrected chi connectivity index (χ1v) is 13.6. The molecule has 0 saturated heterocycles. The Hall–Kier alpha value is -5.48. The Labute approximate surface area is 245 Å². The number of aryl methyl sites for hydroxylation is 1. The molecular formula is C35H30N4O3. The van der Waals surface area contributed by atoms with Crippen molar-refractivity contribution in [2.45, 2.75) is 20.3 Å². The third-order valence-corrected chi connectivity index (χ3v) is 7.16. The molecule has 5 rings (SSSR count). The maximum Gasteiger partial charge on any atom is 0.271 e. The standard InChI is InChI=1S/C35H30N4O3/c1-4-19-42-32-16-15-27(20-24(32)2)33-28(23-39(37-33)29-13-9-6-10-14-29)21-30-25(3)31(22-36)35(41)38(34(30)40)18-17-26-11-7-5-8-12-26/h4-16,20-21,23H,1,17-19H2,2-3H3/b30-21+. The highest BCUT2D eigenvalue weighted by molar-refractivity contribution is 6.19. The summed E-state index contributed by atoms with van der Waals surface area (Å²) >= 11 is 0. The highest BCUT2D eigenvalue weighted by atomic mass is 16.5. The van der Waals surface area contributed by atoms with Crippen LogP contribution in [0.3, 0.4) is 0 Å². The molecule has 4 aromatic rings. The summed E-state index contributed by atoms with van der Waals surface area (Å²) in [6.45, 7) is 7.88. The number of ether oxygens (including phenoxy) is 1. The molecule has 7 heteroatoms. The first kappa shape index (κ1) is 28.1. The van der Waals surface area contributed by atoms with Crippen LogP contribution in [0.2, 0.25) is 0 Å². The fourth-order valence-corrected chi connectivity index (χ4v) is 4.91. The van der Waals surface area contributed by atoms with Gasteiger partial charge >= 0.3 is 0 Å². The largest absolute Gasteiger partial charge is 0.489 e. The van der Waals surface area contributed by atoms with Crippen LogP contribution >= 0.6 is 0 Å². The topological polar surface area (TPSA) is 88.2 Å². The Balaban J connectivity index is 1.60. The van der Waals surface area contributed by atoms with E-state index in [2.05, 4.69) is 6.58 Å². The van der Waals surface area contributed by atoms with Crippen LogP contribution in [0.25, 0.3) is 23.0 Å². The summed E-state index contributed by atoms with van der Waals surface area (Å²) in [4.78, 5) is 28.1. The van der Waals surface area contributed by atoms with Gasteiger partial charge in [0.05, 0.1) is 11.4 Å². The molecule has 2 amide bonds. The van der Waals surface area contributed by atoms with Crippen LogP contribution < -0.4 is 4.74 Å². The van der Waals surface area contributed by atoms with E-state index >= 15 is 0 Å². The number of benzene rings is 3. The molecule has 2 heterocycles. The molecule has 3 aromatic carbocycles. The second kappa shape index (κ2) is 12.4. The number of amides is 2. The van der Waals surface area contributed by atoms with Crippen molar-refractivity contribution in [3.05, 3.63) is 131 Å². The number of nitriles is 1. The highest BCUT2D eigenvalue weighted by Crippen LogP contribution is 2.33. The lowest BCUT2D eigenvalue weighted by atomic mass is 9.93. The van der Waals surface area contributed by atoms with Gasteiger partial charge in [0.2, 0.25) is 0 Å². The predicted molar refractivity (Wildman–Crippen MR) is 163 cm³/mol. The second-order valence-electron chi connectivity index (χ2n) is 9.96. The molecule has 0 saturated carbocycles. The lowest BCUT2D eigenvalue weighted by Crippen LogP contribution is -2.43. The van der Waals surface area contributed by atoms with Crippen molar-refractivity contribution in [3.63, 3.8) is 0 Å². The monoisotopic (exact) mass is 554 g/mol. The number of nitrogens with zero attached hydrogens (tertiary/aromatic N) is 4. The maximum absolute atomic E-state index is 13.8. The summed E-state index contributed by atoms with van der Waals surface area (Å²) < 4.78 is 7.52. The average Bonchev–Trinajstić information content (AvgIpc) is 3.44. The normalized spacial score (nSPS) is 14.3. The quantitative estimate of drug-likeness (QED) is 0.139. The van der Waals surface area contributed by atoms with Crippen LogP contribution in [0.5, 0.6) is 5.75 Å². The lowest BCUT2D eigenvalue weighted by Gasteiger charge is -2.27. The molecule has 7 nitrogen and oxygen atoms in total. The van der Waals surface area contributed by atoms with Gasteiger partial charge in [-0.15, -0.1) is 0 Å². The Morgan fingerprint density at radius 1 is 0.976 bits per heavy atom. The molecule has 208 valence electrons. The first-order valence-electron chi connectivity index (χ1n) is 13.6. The molecular weight excluding hydrogens is 524 g/mol. The molecule has 0 unspecified atom stereocenters. The number of hydrogen-bond acceptors (Lipinski definition) is 5. The van der Waals surface area contributed by atoms with Crippen molar-refractivity contribution >= 4 is 17.9 Å². The van der Waals surface area contributed by atoms with Crippen LogP contribution in [0.4, 0.5) is 0 Å². The van der Waals surface area contributed by atoms with Crippen LogP contribution in [0.1, 0.15) is 23.6 Å². The van der Waals surface area contributed by atoms with E-state index in [0.29, 0.717) is 29.9 Å². The van der Waals surface area contributed by atoms with E-state index in [1.54, 1.807) is 23.8 Å². The summed E-state index contributed by atoms with van der Waals surface area (Å²) in [5.74, 6) is -0.261. The molecule has 1 aliphatic rings. The zero-order valence-corrected chi connectivity index (χ0v) is 23.6. The fraction of sp³-hybridized carbons (Fsp3) is 0.143. The first-order chi connectivity index (χ1) is 20.4. The van der Waals surface area contributed by atoms with E-state index in [1.807, 2.05) is 98.1 Å². The maximum atomic E-state index is 13.8. The minimum Gasteiger partial charge on any atom is -0.489 e. The van der Waals surface area contributed by atoms with E-state index in [-0.39, 0.29) is 17.7 Å². The Bertz CT molecular complexity index is 1760. The van der Waals surface area contributed by atoms with Gasteiger partial charge in [0, 0.05) is 29.4 Å². The van der Waals surface area contributed by atoms with E-state index in [9.17, 15) is 14.9 Å². The van der Waals surface area contributed by atoms with Crippen LogP contribution in [-0.2, 0) is 16.0 Å². The molecule has 0 bridgehead atoms. The van der Waals surface area contributed by atoms with Crippen LogP contribution in [-0.4, -0.2) is 39.6 Å². The molecule has 0 aliphatic carbocycles. The summed E-state index contributed by atoms with van der Waals surface area (Å²) in [7, 11) is 0. The molecule has 42 heavy (non-hydrogen) atoms. The Morgan fingerprint density at radius 3 is 2.36 bits per heavy atom. The van der Waals surface area contributed by atoms with E-state index in [1.165, 1.54) is 4.90 Å². The summed E-state index contributed by atoms with van der Waals surface area (Å²) in [5, 5.41) is 14.8. The molecule has 1 aromatic heterocycles. The van der Waals surface area contributed by atoms with Crippen LogP contribution in [0, 0.1) is 18.3 Å². The third kappa shape index (κ3) is 5.70. The van der Waals surface area contributed by atoms with Crippen LogP contribution in [0.15, 0.2) is 114 Å². The minimum absolute atomic E-state index is 0.0366. The smallest absolute Gasteiger partial charge is 0.271 e. The average molecular weight is 555 g/mol. The second-order valence-corrected chi connectivity index (χ2v) is 9.96. The number of hydrogen-bond donors (Lipinski definition) is 0. The van der Waals surface area contributed by atoms with Gasteiger partial charge in [0.15, 0.2) is 0 Å². The number of aromatic nitrogens is 2. The SMILES string of the molecule is C=CCOc1ccc(-c2nn(-c3ccccc3)cc2/C=C2/C(=O)N(CCc3ccccc3)C(=O)C(C#N)=C2C)cc1C. The number of imide groups is 1. The zero-order valence-electron chi connectivity index (χ0n) is 23.6. The van der Waals surface area contributed by atoms with Crippen molar-refractivity contribution in [2.75, 3.05) is 13.2 Å². The molecule has 0 fully saturated rings. The number of rotatable bonds is 9. The molecule has 0 N–H and O–H groups in total. The number of para-hydroxylation sites is 1. The molecule has 0 radical (unpaired) electrons. The van der Waals surface area contributed by atoms with Gasteiger partial charge in [-0.25, -0.2) is 4.68 Å². The van der Waals surface area contributed by atoms with Gasteiger partial charge in [-0.05, 0) is 73.4 Å². The summed E-state index contributed by atoms with van der Waals surface area (Å²) in [6.07, 6.45) is 5.77.